The third kappa shape index (κ3) is 5.97. The summed E-state index contributed by atoms with van der Waals surface area (Å²) in [5.74, 6) is 15.1. The summed E-state index contributed by atoms with van der Waals surface area (Å²) in [5, 5.41) is 0. The molecule has 3 aliphatic carbocycles. The van der Waals surface area contributed by atoms with Crippen molar-refractivity contribution in [1.82, 2.24) is 0 Å². The normalized spacial score (nSPS) is 36.8. The summed E-state index contributed by atoms with van der Waals surface area (Å²) >= 11 is 0. The lowest BCUT2D eigenvalue weighted by Gasteiger charge is -2.45. The van der Waals surface area contributed by atoms with Gasteiger partial charge in [-0.05, 0) is 69.6 Å². The first-order chi connectivity index (χ1) is 17.2. The van der Waals surface area contributed by atoms with Gasteiger partial charge in [0.05, 0.1) is 12.0 Å². The fraction of sp³-hybridized carbons (Fsp3) is 0.833. The van der Waals surface area contributed by atoms with E-state index < -0.39 is 0 Å². The maximum atomic E-state index is 12.3. The van der Waals surface area contributed by atoms with Crippen molar-refractivity contribution in [2.24, 2.45) is 23.2 Å². The summed E-state index contributed by atoms with van der Waals surface area (Å²) in [5.41, 5.74) is -0.0116. The van der Waals surface area contributed by atoms with Gasteiger partial charge in [0, 0.05) is 44.3 Å². The van der Waals surface area contributed by atoms with Gasteiger partial charge < -0.3 is 18.9 Å². The first-order valence-electron chi connectivity index (χ1n) is 14.2. The van der Waals surface area contributed by atoms with Crippen LogP contribution in [-0.2, 0) is 23.7 Å². The van der Waals surface area contributed by atoms with Crippen molar-refractivity contribution in [3.05, 3.63) is 0 Å². The van der Waals surface area contributed by atoms with Crippen LogP contribution >= 0.6 is 0 Å². The first-order valence-corrected chi connectivity index (χ1v) is 14.2. The predicted octanol–water partition coefficient (Wildman–Crippen LogP) is 5.40. The molecule has 0 radical (unpaired) electrons. The second-order valence-electron chi connectivity index (χ2n) is 11.3. The lowest BCUT2D eigenvalue weighted by atomic mass is 9.63. The standard InChI is InChI=1S/C30H42O5/c1-2-3-6-14-30(15-9-16-30)27(35-29-11-5-8-18-33-29)13-12-24-25-21-23(31)19-22(25)20-26(24)34-28-10-4-7-17-32-28/h22,24-29H,2,4-5,7-11,14-21H2,1H3/t22-,24+,25-,26+,27+,28?,29?/m0/s1. The van der Waals surface area contributed by atoms with Crippen LogP contribution in [0.3, 0.4) is 0 Å². The Kier molecular flexibility index (Phi) is 8.51. The molecule has 5 nitrogen and oxygen atoms in total. The molecule has 5 fully saturated rings. The number of hydrogen-bond acceptors (Lipinski definition) is 5. The molecule has 2 heterocycles. The molecule has 5 aliphatic rings. The molecule has 0 amide bonds. The SMILES string of the molecule is CCC#CCC1([C@@H](C#C[C@@H]2[C@H]3CC(=O)C[C@H]3C[C@H]2OC2CCCCO2)OC2CCCCO2)CCC1. The van der Waals surface area contributed by atoms with E-state index in [1.54, 1.807) is 0 Å². The molecule has 0 aromatic heterocycles. The molecule has 5 heteroatoms. The molecule has 7 atom stereocenters. The largest absolute Gasteiger partial charge is 0.353 e. The van der Waals surface area contributed by atoms with E-state index in [0.29, 0.717) is 30.5 Å². The average molecular weight is 483 g/mol. The minimum absolute atomic E-state index is 0.0116. The summed E-state index contributed by atoms with van der Waals surface area (Å²) in [4.78, 5) is 12.3. The minimum atomic E-state index is -0.187. The smallest absolute Gasteiger partial charge is 0.159 e. The highest BCUT2D eigenvalue weighted by molar-refractivity contribution is 5.81. The van der Waals surface area contributed by atoms with E-state index >= 15 is 0 Å². The van der Waals surface area contributed by atoms with Gasteiger partial charge in [-0.3, -0.25) is 4.79 Å². The summed E-state index contributed by atoms with van der Waals surface area (Å²) in [7, 11) is 0. The van der Waals surface area contributed by atoms with Crippen LogP contribution in [-0.4, -0.2) is 43.8 Å². The van der Waals surface area contributed by atoms with E-state index in [1.807, 2.05) is 0 Å². The lowest BCUT2D eigenvalue weighted by molar-refractivity contribution is -0.206. The van der Waals surface area contributed by atoms with Crippen LogP contribution in [0, 0.1) is 46.9 Å². The number of ketones is 1. The Morgan fingerprint density at radius 2 is 1.77 bits per heavy atom. The highest BCUT2D eigenvalue weighted by Crippen LogP contribution is 2.50. The van der Waals surface area contributed by atoms with Gasteiger partial charge >= 0.3 is 0 Å². The topological polar surface area (TPSA) is 54.0 Å². The maximum absolute atomic E-state index is 12.3. The van der Waals surface area contributed by atoms with Crippen molar-refractivity contribution < 1.29 is 23.7 Å². The van der Waals surface area contributed by atoms with Crippen molar-refractivity contribution in [3.8, 4) is 23.7 Å². The molecule has 0 N–H and O–H groups in total. The zero-order valence-corrected chi connectivity index (χ0v) is 21.4. The van der Waals surface area contributed by atoms with Crippen molar-refractivity contribution >= 4 is 5.78 Å². The van der Waals surface area contributed by atoms with Crippen molar-refractivity contribution in [2.45, 2.75) is 122 Å². The molecule has 2 aliphatic heterocycles. The highest BCUT2D eigenvalue weighted by atomic mass is 16.7. The lowest BCUT2D eigenvalue weighted by Crippen LogP contribution is -2.44. The van der Waals surface area contributed by atoms with E-state index in [2.05, 4.69) is 30.6 Å². The Bertz CT molecular complexity index is 843. The Morgan fingerprint density at radius 3 is 2.43 bits per heavy atom. The third-order valence-corrected chi connectivity index (χ3v) is 8.87. The van der Waals surface area contributed by atoms with E-state index in [-0.39, 0.29) is 36.1 Å². The van der Waals surface area contributed by atoms with E-state index in [0.717, 1.165) is 83.8 Å². The number of carbonyl (C=O) groups is 1. The van der Waals surface area contributed by atoms with Crippen molar-refractivity contribution in [3.63, 3.8) is 0 Å². The molecule has 192 valence electrons. The fourth-order valence-corrected chi connectivity index (χ4v) is 6.71. The van der Waals surface area contributed by atoms with E-state index in [1.165, 1.54) is 6.42 Å². The molecule has 3 saturated carbocycles. The van der Waals surface area contributed by atoms with Gasteiger partial charge in [0.2, 0.25) is 0 Å². The number of carbonyl (C=O) groups excluding carboxylic acids is 1. The zero-order chi connectivity index (χ0) is 24.1. The molecule has 0 bridgehead atoms. The summed E-state index contributed by atoms with van der Waals surface area (Å²) in [6, 6.07) is 0. The highest BCUT2D eigenvalue weighted by Gasteiger charge is 2.50. The minimum Gasteiger partial charge on any atom is -0.353 e. The summed E-state index contributed by atoms with van der Waals surface area (Å²) < 4.78 is 25.0. The Balaban J connectivity index is 1.37. The molecular weight excluding hydrogens is 440 g/mol. The fourth-order valence-electron chi connectivity index (χ4n) is 6.71. The van der Waals surface area contributed by atoms with Crippen LogP contribution in [0.2, 0.25) is 0 Å². The van der Waals surface area contributed by atoms with Gasteiger partial charge in [-0.1, -0.05) is 25.2 Å². The molecular formula is C30H42O5. The van der Waals surface area contributed by atoms with E-state index in [4.69, 9.17) is 18.9 Å². The number of hydrogen-bond donors (Lipinski definition) is 0. The number of rotatable bonds is 6. The molecule has 2 saturated heterocycles. The first kappa shape index (κ1) is 25.3. The van der Waals surface area contributed by atoms with Gasteiger partial charge in [0.25, 0.3) is 0 Å². The van der Waals surface area contributed by atoms with Crippen LogP contribution in [0.4, 0.5) is 0 Å². The predicted molar refractivity (Wildman–Crippen MR) is 133 cm³/mol. The average Bonchev–Trinajstić information content (AvgIpc) is 3.35. The van der Waals surface area contributed by atoms with Crippen LogP contribution in [0.5, 0.6) is 0 Å². The van der Waals surface area contributed by atoms with Gasteiger partial charge in [-0.2, -0.15) is 0 Å². The van der Waals surface area contributed by atoms with Crippen molar-refractivity contribution in [1.29, 1.82) is 0 Å². The maximum Gasteiger partial charge on any atom is 0.159 e. The van der Waals surface area contributed by atoms with Crippen molar-refractivity contribution in [2.75, 3.05) is 13.2 Å². The number of ether oxygens (including phenoxy) is 4. The quantitative estimate of drug-likeness (QED) is 0.474. The molecule has 0 aromatic rings. The molecule has 35 heavy (non-hydrogen) atoms. The third-order valence-electron chi connectivity index (χ3n) is 8.87. The van der Waals surface area contributed by atoms with Gasteiger partial charge in [-0.25, -0.2) is 0 Å². The van der Waals surface area contributed by atoms with Gasteiger partial charge in [0.1, 0.15) is 11.9 Å². The number of fused-ring (bicyclic) bond motifs is 1. The van der Waals surface area contributed by atoms with Crippen LogP contribution in [0.15, 0.2) is 0 Å². The molecule has 0 aromatic carbocycles. The Hall–Kier alpha value is -1.37. The summed E-state index contributed by atoms with van der Waals surface area (Å²) in [6.07, 6.45) is 13.3. The van der Waals surface area contributed by atoms with Crippen LogP contribution in [0.1, 0.15) is 96.8 Å². The summed E-state index contributed by atoms with van der Waals surface area (Å²) in [6.45, 7) is 3.64. The monoisotopic (exact) mass is 482 g/mol. The Labute approximate surface area is 211 Å². The zero-order valence-electron chi connectivity index (χ0n) is 21.4. The second-order valence-corrected chi connectivity index (χ2v) is 11.3. The molecule has 5 rings (SSSR count). The Morgan fingerprint density at radius 1 is 1.00 bits per heavy atom. The number of Topliss-reactive ketones (excluding diaryl/α,β-unsaturated/α-hetero) is 1. The van der Waals surface area contributed by atoms with Gasteiger partial charge in [0.15, 0.2) is 12.6 Å². The van der Waals surface area contributed by atoms with E-state index in [9.17, 15) is 4.79 Å². The molecule has 0 spiro atoms. The van der Waals surface area contributed by atoms with Gasteiger partial charge in [-0.15, -0.1) is 11.8 Å². The molecule has 2 unspecified atom stereocenters. The van der Waals surface area contributed by atoms with Crippen LogP contribution < -0.4 is 0 Å². The van der Waals surface area contributed by atoms with Crippen LogP contribution in [0.25, 0.3) is 0 Å². The second kappa shape index (κ2) is 11.8.